The minimum absolute atomic E-state index is 0.0375. The lowest BCUT2D eigenvalue weighted by atomic mass is 10.1. The molecule has 114 valence electrons. The number of hydrogen-bond acceptors (Lipinski definition) is 2. The summed E-state index contributed by atoms with van der Waals surface area (Å²) in [5, 5.41) is 3.14. The number of benzene rings is 2. The van der Waals surface area contributed by atoms with Crippen LogP contribution in [0.5, 0.6) is 0 Å². The Morgan fingerprint density at radius 3 is 2.45 bits per heavy atom. The fourth-order valence-electron chi connectivity index (χ4n) is 2.94. The van der Waals surface area contributed by atoms with Crippen LogP contribution in [-0.2, 0) is 6.42 Å². The number of likely N-dealkylation sites (tertiary alicyclic amines) is 1. The third-order valence-corrected chi connectivity index (χ3v) is 4.20. The van der Waals surface area contributed by atoms with Gasteiger partial charge in [-0.3, -0.25) is 4.79 Å². The molecule has 0 bridgehead atoms. The zero-order chi connectivity index (χ0) is 15.2. The van der Waals surface area contributed by atoms with Crippen molar-refractivity contribution in [1.82, 2.24) is 10.2 Å². The van der Waals surface area contributed by atoms with E-state index >= 15 is 0 Å². The third kappa shape index (κ3) is 3.95. The highest BCUT2D eigenvalue weighted by atomic mass is 16.1. The summed E-state index contributed by atoms with van der Waals surface area (Å²) < 4.78 is 0. The van der Waals surface area contributed by atoms with Gasteiger partial charge in [-0.2, -0.15) is 0 Å². The highest BCUT2D eigenvalue weighted by molar-refractivity contribution is 5.94. The van der Waals surface area contributed by atoms with E-state index in [4.69, 9.17) is 0 Å². The maximum Gasteiger partial charge on any atom is 0.251 e. The van der Waals surface area contributed by atoms with Gasteiger partial charge in [0.25, 0.3) is 5.91 Å². The molecule has 1 saturated heterocycles. The Bertz CT molecular complexity index is 597. The zero-order valence-electron chi connectivity index (χ0n) is 12.7. The van der Waals surface area contributed by atoms with Gasteiger partial charge in [-0.1, -0.05) is 48.5 Å². The molecule has 0 aromatic heterocycles. The second kappa shape index (κ2) is 7.23. The molecular weight excluding hydrogens is 272 g/mol. The van der Waals surface area contributed by atoms with Gasteiger partial charge in [-0.25, -0.2) is 0 Å². The van der Waals surface area contributed by atoms with Crippen LogP contribution in [0, 0.1) is 0 Å². The largest absolute Gasteiger partial charge is 0.348 e. The summed E-state index contributed by atoms with van der Waals surface area (Å²) in [6.45, 7) is 3.07. The maximum atomic E-state index is 12.2. The minimum Gasteiger partial charge on any atom is -0.348 e. The van der Waals surface area contributed by atoms with Gasteiger partial charge in [-0.15, -0.1) is 0 Å². The molecule has 0 aliphatic carbocycles. The smallest absolute Gasteiger partial charge is 0.251 e. The van der Waals surface area contributed by atoms with Crippen LogP contribution in [0.15, 0.2) is 60.7 Å². The average molecular weight is 294 g/mol. The highest BCUT2D eigenvalue weighted by Crippen LogP contribution is 2.11. The number of carbonyl (C=O) groups excluding carboxylic acids is 1. The van der Waals surface area contributed by atoms with Gasteiger partial charge in [0.05, 0.1) is 0 Å². The van der Waals surface area contributed by atoms with E-state index in [1.807, 2.05) is 30.3 Å². The number of rotatable bonds is 5. The van der Waals surface area contributed by atoms with E-state index in [1.54, 1.807) is 0 Å². The van der Waals surface area contributed by atoms with E-state index in [0.717, 1.165) is 38.0 Å². The van der Waals surface area contributed by atoms with Crippen LogP contribution in [0.1, 0.15) is 22.3 Å². The van der Waals surface area contributed by atoms with Crippen molar-refractivity contribution in [3.8, 4) is 0 Å². The number of nitrogens with one attached hydrogen (secondary N) is 1. The highest BCUT2D eigenvalue weighted by Gasteiger charge is 2.23. The van der Waals surface area contributed by atoms with Crippen molar-refractivity contribution in [1.29, 1.82) is 0 Å². The molecule has 1 fully saturated rings. The molecular formula is C19H22N2O. The standard InChI is InChI=1S/C19H22N2O/c22-19(17-9-5-2-6-10-17)20-18-12-14-21(15-18)13-11-16-7-3-1-4-8-16/h1-10,18H,11-15H2,(H,20,22)/t18-/m1/s1. The topological polar surface area (TPSA) is 32.3 Å². The number of carbonyl (C=O) groups is 1. The van der Waals surface area contributed by atoms with E-state index in [0.29, 0.717) is 0 Å². The van der Waals surface area contributed by atoms with Gasteiger partial charge < -0.3 is 10.2 Å². The summed E-state index contributed by atoms with van der Waals surface area (Å²) >= 11 is 0. The number of nitrogens with zero attached hydrogens (tertiary/aromatic N) is 1. The molecule has 3 heteroatoms. The van der Waals surface area contributed by atoms with Crippen molar-refractivity contribution in [2.45, 2.75) is 18.9 Å². The van der Waals surface area contributed by atoms with Crippen LogP contribution in [0.3, 0.4) is 0 Å². The van der Waals surface area contributed by atoms with Gasteiger partial charge in [0.15, 0.2) is 0 Å². The molecule has 1 amide bonds. The maximum absolute atomic E-state index is 12.2. The molecule has 3 nitrogen and oxygen atoms in total. The van der Waals surface area contributed by atoms with E-state index in [2.05, 4.69) is 40.5 Å². The first kappa shape index (κ1) is 14.8. The van der Waals surface area contributed by atoms with Crippen molar-refractivity contribution in [3.63, 3.8) is 0 Å². The summed E-state index contributed by atoms with van der Waals surface area (Å²) in [4.78, 5) is 14.6. The van der Waals surface area contributed by atoms with Crippen LogP contribution >= 0.6 is 0 Å². The van der Waals surface area contributed by atoms with Gasteiger partial charge in [0.2, 0.25) is 0 Å². The Balaban J connectivity index is 1.45. The summed E-state index contributed by atoms with van der Waals surface area (Å²) in [7, 11) is 0. The van der Waals surface area contributed by atoms with Gasteiger partial charge >= 0.3 is 0 Å². The van der Waals surface area contributed by atoms with Crippen LogP contribution in [0.25, 0.3) is 0 Å². The molecule has 0 radical (unpaired) electrons. The van der Waals surface area contributed by atoms with Gasteiger partial charge in [0.1, 0.15) is 0 Å². The van der Waals surface area contributed by atoms with E-state index in [1.165, 1.54) is 5.56 Å². The molecule has 1 aliphatic heterocycles. The first-order valence-corrected chi connectivity index (χ1v) is 7.93. The van der Waals surface area contributed by atoms with Crippen molar-refractivity contribution in [2.75, 3.05) is 19.6 Å². The zero-order valence-corrected chi connectivity index (χ0v) is 12.7. The molecule has 3 rings (SSSR count). The predicted molar refractivity (Wildman–Crippen MR) is 88.9 cm³/mol. The normalized spacial score (nSPS) is 18.3. The van der Waals surface area contributed by atoms with Gasteiger partial charge in [0, 0.05) is 31.2 Å². The van der Waals surface area contributed by atoms with E-state index in [-0.39, 0.29) is 11.9 Å². The summed E-state index contributed by atoms with van der Waals surface area (Å²) in [5.74, 6) is 0.0375. The summed E-state index contributed by atoms with van der Waals surface area (Å²) in [6, 6.07) is 20.3. The Morgan fingerprint density at radius 1 is 1.05 bits per heavy atom. The summed E-state index contributed by atoms with van der Waals surface area (Å²) in [6.07, 6.45) is 2.10. The SMILES string of the molecule is O=C(N[C@@H]1CCN(CCc2ccccc2)C1)c1ccccc1. The quantitative estimate of drug-likeness (QED) is 0.919. The van der Waals surface area contributed by atoms with Crippen LogP contribution in [0.2, 0.25) is 0 Å². The Labute approximate surface area is 132 Å². The molecule has 2 aromatic carbocycles. The fourth-order valence-corrected chi connectivity index (χ4v) is 2.94. The Morgan fingerprint density at radius 2 is 1.73 bits per heavy atom. The summed E-state index contributed by atoms with van der Waals surface area (Å²) in [5.41, 5.74) is 2.12. The molecule has 1 heterocycles. The van der Waals surface area contributed by atoms with Crippen molar-refractivity contribution >= 4 is 5.91 Å². The lowest BCUT2D eigenvalue weighted by molar-refractivity contribution is 0.0938. The lowest BCUT2D eigenvalue weighted by Gasteiger charge is -2.16. The third-order valence-electron chi connectivity index (χ3n) is 4.20. The Hall–Kier alpha value is -2.13. The van der Waals surface area contributed by atoms with Crippen molar-refractivity contribution in [3.05, 3.63) is 71.8 Å². The second-order valence-electron chi connectivity index (χ2n) is 5.86. The first-order valence-electron chi connectivity index (χ1n) is 7.93. The molecule has 2 aromatic rings. The molecule has 1 aliphatic rings. The predicted octanol–water partition coefficient (Wildman–Crippen LogP) is 2.73. The molecule has 1 N–H and O–H groups in total. The van der Waals surface area contributed by atoms with Crippen LogP contribution in [0.4, 0.5) is 0 Å². The average Bonchev–Trinajstić information content (AvgIpc) is 3.02. The lowest BCUT2D eigenvalue weighted by Crippen LogP contribution is -2.37. The molecule has 0 saturated carbocycles. The van der Waals surface area contributed by atoms with Crippen molar-refractivity contribution in [2.24, 2.45) is 0 Å². The van der Waals surface area contributed by atoms with E-state index in [9.17, 15) is 4.79 Å². The Kier molecular flexibility index (Phi) is 4.86. The minimum atomic E-state index is 0.0375. The van der Waals surface area contributed by atoms with Gasteiger partial charge in [-0.05, 0) is 30.5 Å². The molecule has 1 atom stereocenters. The monoisotopic (exact) mass is 294 g/mol. The van der Waals surface area contributed by atoms with Crippen molar-refractivity contribution < 1.29 is 4.79 Å². The second-order valence-corrected chi connectivity index (χ2v) is 5.86. The van der Waals surface area contributed by atoms with Crippen LogP contribution in [-0.4, -0.2) is 36.5 Å². The van der Waals surface area contributed by atoms with E-state index < -0.39 is 0 Å². The van der Waals surface area contributed by atoms with Crippen LogP contribution < -0.4 is 5.32 Å². The fraction of sp³-hybridized carbons (Fsp3) is 0.316. The first-order chi connectivity index (χ1) is 10.8. The molecule has 22 heavy (non-hydrogen) atoms. The molecule has 0 unspecified atom stereocenters. The number of amides is 1. The number of hydrogen-bond donors (Lipinski definition) is 1. The molecule has 0 spiro atoms.